The Morgan fingerprint density at radius 1 is 1.17 bits per heavy atom. The lowest BCUT2D eigenvalue weighted by Gasteiger charge is -2.16. The summed E-state index contributed by atoms with van der Waals surface area (Å²) in [5.74, 6) is 0. The van der Waals surface area contributed by atoms with Gasteiger partial charge in [0.05, 0.1) is 0 Å². The zero-order valence-electron chi connectivity index (χ0n) is 7.38. The molecular formula is C11H13N. The Balaban J connectivity index is 2.51. The van der Waals surface area contributed by atoms with Gasteiger partial charge in [0.15, 0.2) is 0 Å². The van der Waals surface area contributed by atoms with Crippen LogP contribution in [-0.2, 0) is 6.42 Å². The van der Waals surface area contributed by atoms with Gasteiger partial charge in [0.2, 0.25) is 0 Å². The van der Waals surface area contributed by atoms with E-state index in [4.69, 9.17) is 0 Å². The number of hydrogen-bond donors (Lipinski definition) is 0. The van der Waals surface area contributed by atoms with E-state index in [2.05, 4.69) is 29.3 Å². The molecule has 1 heteroatoms. The van der Waals surface area contributed by atoms with Gasteiger partial charge in [-0.3, -0.25) is 4.99 Å². The summed E-state index contributed by atoms with van der Waals surface area (Å²) in [4.78, 5) is 4.31. The molecule has 1 aromatic rings. The predicted octanol–water partition coefficient (Wildman–Crippen LogP) is 2.44. The maximum atomic E-state index is 4.31. The number of benzene rings is 1. The molecule has 0 aromatic heterocycles. The molecule has 1 aromatic carbocycles. The van der Waals surface area contributed by atoms with E-state index in [0.717, 1.165) is 6.42 Å². The van der Waals surface area contributed by atoms with Crippen molar-refractivity contribution >= 4 is 5.71 Å². The van der Waals surface area contributed by atoms with Crippen molar-refractivity contribution in [2.45, 2.75) is 19.3 Å². The van der Waals surface area contributed by atoms with Crippen molar-refractivity contribution in [2.24, 2.45) is 4.99 Å². The fourth-order valence-corrected chi connectivity index (χ4v) is 1.83. The van der Waals surface area contributed by atoms with Crippen LogP contribution < -0.4 is 0 Å². The first-order valence-electron chi connectivity index (χ1n) is 4.46. The van der Waals surface area contributed by atoms with Gasteiger partial charge in [-0.25, -0.2) is 0 Å². The Bertz CT molecular complexity index is 313. The Morgan fingerprint density at radius 3 is 2.83 bits per heavy atom. The van der Waals surface area contributed by atoms with Gasteiger partial charge in [-0.1, -0.05) is 24.3 Å². The Labute approximate surface area is 73.1 Å². The van der Waals surface area contributed by atoms with Crippen LogP contribution in [0.2, 0.25) is 0 Å². The second kappa shape index (κ2) is 3.10. The summed E-state index contributed by atoms with van der Waals surface area (Å²) in [6, 6.07) is 8.59. The van der Waals surface area contributed by atoms with Crippen LogP contribution >= 0.6 is 0 Å². The van der Waals surface area contributed by atoms with Crippen LogP contribution in [-0.4, -0.2) is 12.8 Å². The van der Waals surface area contributed by atoms with Crippen molar-refractivity contribution in [3.63, 3.8) is 0 Å². The molecule has 0 amide bonds. The summed E-state index contributed by atoms with van der Waals surface area (Å²) < 4.78 is 0. The average molecular weight is 159 g/mol. The van der Waals surface area contributed by atoms with Crippen molar-refractivity contribution < 1.29 is 0 Å². The Hall–Kier alpha value is -1.11. The third kappa shape index (κ3) is 1.15. The van der Waals surface area contributed by atoms with Gasteiger partial charge in [-0.2, -0.15) is 0 Å². The number of nitrogens with zero attached hydrogens (tertiary/aromatic N) is 1. The molecule has 12 heavy (non-hydrogen) atoms. The second-order valence-electron chi connectivity index (χ2n) is 3.18. The second-order valence-corrected chi connectivity index (χ2v) is 3.18. The van der Waals surface area contributed by atoms with E-state index in [0.29, 0.717) is 0 Å². The largest absolute Gasteiger partial charge is 0.292 e. The van der Waals surface area contributed by atoms with Crippen LogP contribution in [0, 0.1) is 0 Å². The molecule has 1 nitrogen and oxygen atoms in total. The minimum Gasteiger partial charge on any atom is -0.292 e. The van der Waals surface area contributed by atoms with Gasteiger partial charge in [0, 0.05) is 12.8 Å². The summed E-state index contributed by atoms with van der Waals surface area (Å²) >= 11 is 0. The number of aryl methyl sites for hydroxylation is 1. The summed E-state index contributed by atoms with van der Waals surface area (Å²) in [6.07, 6.45) is 3.62. The molecule has 1 aliphatic carbocycles. The highest BCUT2D eigenvalue weighted by Gasteiger charge is 2.12. The highest BCUT2D eigenvalue weighted by Crippen LogP contribution is 2.20. The molecule has 0 N–H and O–H groups in total. The number of rotatable bonds is 0. The molecule has 0 bridgehead atoms. The lowest BCUT2D eigenvalue weighted by atomic mass is 9.90. The summed E-state index contributed by atoms with van der Waals surface area (Å²) in [5.41, 5.74) is 4.10. The quantitative estimate of drug-likeness (QED) is 0.551. The van der Waals surface area contributed by atoms with E-state index < -0.39 is 0 Å². The molecule has 0 spiro atoms. The Kier molecular flexibility index (Phi) is 1.94. The maximum absolute atomic E-state index is 4.31. The molecule has 0 aliphatic heterocycles. The standard InChI is InChI=1S/C11H13N/c1-12-11-8-4-6-9-5-2-3-7-10(9)11/h2-3,5,7H,4,6,8H2,1H3. The fourth-order valence-electron chi connectivity index (χ4n) is 1.83. The van der Waals surface area contributed by atoms with E-state index in [-0.39, 0.29) is 0 Å². The molecule has 2 rings (SSSR count). The molecule has 0 heterocycles. The van der Waals surface area contributed by atoms with Gasteiger partial charge < -0.3 is 0 Å². The van der Waals surface area contributed by atoms with Gasteiger partial charge in [0.25, 0.3) is 0 Å². The minimum absolute atomic E-state index is 1.15. The van der Waals surface area contributed by atoms with Crippen LogP contribution in [0.4, 0.5) is 0 Å². The van der Waals surface area contributed by atoms with Gasteiger partial charge in [-0.05, 0) is 30.4 Å². The van der Waals surface area contributed by atoms with E-state index >= 15 is 0 Å². The minimum atomic E-state index is 1.15. The van der Waals surface area contributed by atoms with Crippen LogP contribution in [0.5, 0.6) is 0 Å². The number of aliphatic imine (C=N–C) groups is 1. The zero-order valence-corrected chi connectivity index (χ0v) is 7.38. The summed E-state index contributed by atoms with van der Waals surface area (Å²) in [6.45, 7) is 0. The molecule has 0 atom stereocenters. The molecule has 62 valence electrons. The molecule has 0 unspecified atom stereocenters. The third-order valence-corrected chi connectivity index (χ3v) is 2.46. The summed E-state index contributed by atoms with van der Waals surface area (Å²) in [7, 11) is 1.89. The van der Waals surface area contributed by atoms with Crippen molar-refractivity contribution in [3.8, 4) is 0 Å². The van der Waals surface area contributed by atoms with E-state index in [9.17, 15) is 0 Å². The van der Waals surface area contributed by atoms with Crippen molar-refractivity contribution in [3.05, 3.63) is 35.4 Å². The Morgan fingerprint density at radius 2 is 2.00 bits per heavy atom. The zero-order chi connectivity index (χ0) is 8.39. The molecule has 0 saturated heterocycles. The molecule has 0 fully saturated rings. The lowest BCUT2D eigenvalue weighted by Crippen LogP contribution is -2.11. The number of fused-ring (bicyclic) bond motifs is 1. The van der Waals surface area contributed by atoms with Gasteiger partial charge >= 0.3 is 0 Å². The van der Waals surface area contributed by atoms with Crippen LogP contribution in [0.15, 0.2) is 29.3 Å². The lowest BCUT2D eigenvalue weighted by molar-refractivity contribution is 0.837. The van der Waals surface area contributed by atoms with Crippen LogP contribution in [0.25, 0.3) is 0 Å². The molecular weight excluding hydrogens is 146 g/mol. The molecule has 0 radical (unpaired) electrons. The van der Waals surface area contributed by atoms with Crippen LogP contribution in [0.1, 0.15) is 24.0 Å². The smallest absolute Gasteiger partial charge is 0.0419 e. The SMILES string of the molecule is CN=C1CCCc2ccccc21. The van der Waals surface area contributed by atoms with E-state index in [1.54, 1.807) is 0 Å². The average Bonchev–Trinajstić information content (AvgIpc) is 2.17. The van der Waals surface area contributed by atoms with Crippen molar-refractivity contribution in [1.29, 1.82) is 0 Å². The molecule has 0 saturated carbocycles. The first kappa shape index (κ1) is 7.53. The first-order valence-corrected chi connectivity index (χ1v) is 4.46. The number of hydrogen-bond acceptors (Lipinski definition) is 1. The van der Waals surface area contributed by atoms with Crippen LogP contribution in [0.3, 0.4) is 0 Å². The first-order chi connectivity index (χ1) is 5.92. The highest BCUT2D eigenvalue weighted by molar-refractivity contribution is 6.02. The van der Waals surface area contributed by atoms with E-state index in [1.807, 2.05) is 7.05 Å². The molecule has 1 aliphatic rings. The topological polar surface area (TPSA) is 12.4 Å². The third-order valence-electron chi connectivity index (χ3n) is 2.46. The van der Waals surface area contributed by atoms with Crippen molar-refractivity contribution in [2.75, 3.05) is 7.05 Å². The monoisotopic (exact) mass is 159 g/mol. The maximum Gasteiger partial charge on any atom is 0.0419 e. The van der Waals surface area contributed by atoms with Gasteiger partial charge in [-0.15, -0.1) is 0 Å². The van der Waals surface area contributed by atoms with Crippen molar-refractivity contribution in [1.82, 2.24) is 0 Å². The fraction of sp³-hybridized carbons (Fsp3) is 0.364. The van der Waals surface area contributed by atoms with Gasteiger partial charge in [0.1, 0.15) is 0 Å². The summed E-state index contributed by atoms with van der Waals surface area (Å²) in [5, 5.41) is 0. The normalized spacial score (nSPS) is 19.2. The van der Waals surface area contributed by atoms with E-state index in [1.165, 1.54) is 29.7 Å². The predicted molar refractivity (Wildman–Crippen MR) is 51.8 cm³/mol. The highest BCUT2D eigenvalue weighted by atomic mass is 14.7.